The number of phenolic OH excluding ortho intramolecular Hbond substituents is 1. The third-order valence-corrected chi connectivity index (χ3v) is 3.63. The highest BCUT2D eigenvalue weighted by Crippen LogP contribution is 2.33. The summed E-state index contributed by atoms with van der Waals surface area (Å²) in [5.41, 5.74) is 2.67. The van der Waals surface area contributed by atoms with E-state index in [0.29, 0.717) is 17.0 Å². The molecule has 0 aliphatic heterocycles. The van der Waals surface area contributed by atoms with Gasteiger partial charge in [0.05, 0.1) is 19.0 Å². The highest BCUT2D eigenvalue weighted by molar-refractivity contribution is 6.08. The van der Waals surface area contributed by atoms with Crippen LogP contribution in [0.4, 0.5) is 5.69 Å². The maximum Gasteiger partial charge on any atom is 0.256 e. The zero-order valence-electron chi connectivity index (χ0n) is 13.4. The van der Waals surface area contributed by atoms with Gasteiger partial charge in [-0.1, -0.05) is 24.3 Å². The summed E-state index contributed by atoms with van der Waals surface area (Å²) in [5, 5.41) is 16.6. The number of carbonyl (C=O) groups excluding carboxylic acids is 1. The normalized spacial score (nSPS) is 10.4. The molecule has 1 heterocycles. The second kappa shape index (κ2) is 6.45. The van der Waals surface area contributed by atoms with Gasteiger partial charge in [-0.05, 0) is 29.3 Å². The molecule has 0 aliphatic carbocycles. The molecule has 2 N–H and O–H groups in total. The molecule has 0 unspecified atom stereocenters. The molecule has 3 aromatic rings. The maximum absolute atomic E-state index is 12.6. The van der Waals surface area contributed by atoms with Gasteiger partial charge < -0.3 is 15.2 Å². The van der Waals surface area contributed by atoms with Gasteiger partial charge >= 0.3 is 0 Å². The van der Waals surface area contributed by atoms with Crippen LogP contribution in [0.15, 0.2) is 54.9 Å². The number of nitrogens with zero attached hydrogens (tertiary/aromatic N) is 2. The number of carbonyl (C=O) groups is 1. The van der Waals surface area contributed by atoms with Crippen LogP contribution in [0, 0.1) is 0 Å². The van der Waals surface area contributed by atoms with Gasteiger partial charge in [0.1, 0.15) is 0 Å². The predicted octanol–water partition coefficient (Wildman–Crippen LogP) is 3.05. The quantitative estimate of drug-likeness (QED) is 0.774. The van der Waals surface area contributed by atoms with Crippen molar-refractivity contribution in [3.63, 3.8) is 0 Å². The van der Waals surface area contributed by atoms with Gasteiger partial charge in [0.15, 0.2) is 11.5 Å². The Morgan fingerprint density at radius 2 is 2.04 bits per heavy atom. The Hall–Kier alpha value is -3.28. The van der Waals surface area contributed by atoms with Crippen molar-refractivity contribution in [2.45, 2.75) is 0 Å². The number of amides is 1. The van der Waals surface area contributed by atoms with Crippen molar-refractivity contribution in [3.05, 3.63) is 60.4 Å². The number of ether oxygens (including phenoxy) is 1. The highest BCUT2D eigenvalue weighted by Gasteiger charge is 2.14. The van der Waals surface area contributed by atoms with E-state index in [1.165, 1.54) is 7.11 Å². The first-order valence-corrected chi connectivity index (χ1v) is 7.35. The Balaban J connectivity index is 1.97. The van der Waals surface area contributed by atoms with Crippen molar-refractivity contribution in [1.82, 2.24) is 9.78 Å². The van der Waals surface area contributed by atoms with E-state index in [4.69, 9.17) is 4.74 Å². The number of phenols is 1. The number of methoxy groups -OCH3 is 1. The zero-order valence-corrected chi connectivity index (χ0v) is 13.4. The third-order valence-electron chi connectivity index (χ3n) is 3.63. The third kappa shape index (κ3) is 3.08. The number of hydrogen-bond acceptors (Lipinski definition) is 4. The van der Waals surface area contributed by atoms with Crippen LogP contribution in [0.1, 0.15) is 10.4 Å². The molecule has 0 fully saturated rings. The first-order valence-electron chi connectivity index (χ1n) is 7.35. The van der Waals surface area contributed by atoms with E-state index in [1.54, 1.807) is 54.5 Å². The molecule has 0 bridgehead atoms. The molecule has 0 aliphatic rings. The predicted molar refractivity (Wildman–Crippen MR) is 91.3 cm³/mol. The van der Waals surface area contributed by atoms with Gasteiger partial charge in [-0.3, -0.25) is 9.48 Å². The summed E-state index contributed by atoms with van der Waals surface area (Å²) in [7, 11) is 3.27. The molecule has 0 spiro atoms. The van der Waals surface area contributed by atoms with Crippen molar-refractivity contribution in [3.8, 4) is 22.6 Å². The van der Waals surface area contributed by atoms with Crippen molar-refractivity contribution < 1.29 is 14.6 Å². The number of nitrogens with one attached hydrogen (secondary N) is 1. The minimum atomic E-state index is -0.231. The Kier molecular flexibility index (Phi) is 4.20. The molecule has 2 aromatic carbocycles. The van der Waals surface area contributed by atoms with Crippen molar-refractivity contribution in [1.29, 1.82) is 0 Å². The molecule has 0 saturated carbocycles. The summed E-state index contributed by atoms with van der Waals surface area (Å²) in [6, 6.07) is 12.3. The summed E-state index contributed by atoms with van der Waals surface area (Å²) in [5.74, 6) is 0.180. The van der Waals surface area contributed by atoms with Crippen LogP contribution in [-0.2, 0) is 7.05 Å². The summed E-state index contributed by atoms with van der Waals surface area (Å²) in [6.45, 7) is 0. The number of aromatic nitrogens is 2. The van der Waals surface area contributed by atoms with Crippen LogP contribution in [-0.4, -0.2) is 27.9 Å². The average Bonchev–Trinajstić information content (AvgIpc) is 3.00. The van der Waals surface area contributed by atoms with Crippen molar-refractivity contribution in [2.75, 3.05) is 12.4 Å². The van der Waals surface area contributed by atoms with Crippen LogP contribution >= 0.6 is 0 Å². The van der Waals surface area contributed by atoms with Gasteiger partial charge in [0.2, 0.25) is 0 Å². The first-order chi connectivity index (χ1) is 11.6. The molecule has 122 valence electrons. The molecule has 0 saturated heterocycles. The van der Waals surface area contributed by atoms with Gasteiger partial charge in [-0.2, -0.15) is 5.10 Å². The van der Waals surface area contributed by atoms with Crippen LogP contribution < -0.4 is 10.1 Å². The summed E-state index contributed by atoms with van der Waals surface area (Å²) in [4.78, 5) is 12.6. The van der Waals surface area contributed by atoms with E-state index < -0.39 is 0 Å². The van der Waals surface area contributed by atoms with Gasteiger partial charge in [-0.25, -0.2) is 0 Å². The maximum atomic E-state index is 12.6. The van der Waals surface area contributed by atoms with Crippen molar-refractivity contribution in [2.24, 2.45) is 7.05 Å². The Morgan fingerprint density at radius 1 is 1.25 bits per heavy atom. The molecular weight excluding hydrogens is 306 g/mol. The van der Waals surface area contributed by atoms with Crippen LogP contribution in [0.2, 0.25) is 0 Å². The van der Waals surface area contributed by atoms with Crippen LogP contribution in [0.5, 0.6) is 11.5 Å². The lowest BCUT2D eigenvalue weighted by Gasteiger charge is -2.11. The number of anilines is 1. The van der Waals surface area contributed by atoms with Gasteiger partial charge in [-0.15, -0.1) is 0 Å². The summed E-state index contributed by atoms with van der Waals surface area (Å²) >= 11 is 0. The highest BCUT2D eigenvalue weighted by atomic mass is 16.5. The Bertz CT molecular complexity index is 887. The van der Waals surface area contributed by atoms with E-state index in [9.17, 15) is 9.90 Å². The van der Waals surface area contributed by atoms with Gasteiger partial charge in [0.25, 0.3) is 5.91 Å². The lowest BCUT2D eigenvalue weighted by molar-refractivity contribution is 0.102. The first kappa shape index (κ1) is 15.6. The van der Waals surface area contributed by atoms with Gasteiger partial charge in [0, 0.05) is 18.8 Å². The monoisotopic (exact) mass is 323 g/mol. The average molecular weight is 323 g/mol. The summed E-state index contributed by atoms with van der Waals surface area (Å²) in [6.07, 6.45) is 3.31. The zero-order chi connectivity index (χ0) is 17.1. The number of benzene rings is 2. The van der Waals surface area contributed by atoms with Crippen molar-refractivity contribution >= 4 is 11.6 Å². The number of hydrogen-bond donors (Lipinski definition) is 2. The Morgan fingerprint density at radius 3 is 2.75 bits per heavy atom. The van der Waals surface area contributed by atoms with E-state index in [1.807, 2.05) is 12.1 Å². The molecule has 3 rings (SSSR count). The molecule has 6 nitrogen and oxygen atoms in total. The van der Waals surface area contributed by atoms with E-state index in [0.717, 1.165) is 11.1 Å². The number of aryl methyl sites for hydroxylation is 1. The second-order valence-electron chi connectivity index (χ2n) is 5.29. The molecule has 24 heavy (non-hydrogen) atoms. The topological polar surface area (TPSA) is 76.4 Å². The molecule has 1 amide bonds. The van der Waals surface area contributed by atoms with Crippen LogP contribution in [0.25, 0.3) is 11.1 Å². The fraction of sp³-hybridized carbons (Fsp3) is 0.111. The molecule has 1 aromatic heterocycles. The molecule has 0 atom stereocenters. The molecule has 6 heteroatoms. The minimum Gasteiger partial charge on any atom is -0.504 e. The fourth-order valence-corrected chi connectivity index (χ4v) is 2.46. The standard InChI is InChI=1S/C18H17N3O3/c1-21-11-13(10-19-21)20-18(23)15-6-4-3-5-14(15)12-7-8-16(22)17(9-12)24-2/h3-11,22H,1-2H3,(H,20,23). The smallest absolute Gasteiger partial charge is 0.256 e. The lowest BCUT2D eigenvalue weighted by atomic mass is 9.98. The lowest BCUT2D eigenvalue weighted by Crippen LogP contribution is -2.12. The fourth-order valence-electron chi connectivity index (χ4n) is 2.46. The summed E-state index contributed by atoms with van der Waals surface area (Å²) < 4.78 is 6.76. The number of aromatic hydroxyl groups is 1. The molecule has 0 radical (unpaired) electrons. The van der Waals surface area contributed by atoms with E-state index >= 15 is 0 Å². The van der Waals surface area contributed by atoms with E-state index in [-0.39, 0.29) is 11.7 Å². The Labute approximate surface area is 139 Å². The largest absolute Gasteiger partial charge is 0.504 e. The minimum absolute atomic E-state index is 0.0542. The second-order valence-corrected chi connectivity index (χ2v) is 5.29. The van der Waals surface area contributed by atoms with E-state index in [2.05, 4.69) is 10.4 Å². The SMILES string of the molecule is COc1cc(-c2ccccc2C(=O)Nc2cnn(C)c2)ccc1O. The van der Waals surface area contributed by atoms with Crippen LogP contribution in [0.3, 0.4) is 0 Å². The molecular formula is C18H17N3O3. The number of rotatable bonds is 4.